The number of hydrogen-bond donors (Lipinski definition) is 0. The molecule has 0 aromatic carbocycles. The number of halogens is 1. The van der Waals surface area contributed by atoms with Gasteiger partial charge in [-0.05, 0) is 19.3 Å². The molecule has 0 unspecified atom stereocenters. The van der Waals surface area contributed by atoms with Gasteiger partial charge < -0.3 is 14.2 Å². The summed E-state index contributed by atoms with van der Waals surface area (Å²) in [6.45, 7) is 3.63. The molecule has 1 aliphatic rings. The first-order chi connectivity index (χ1) is 16.7. The van der Waals surface area contributed by atoms with Gasteiger partial charge in [0.05, 0.1) is 24.5 Å². The highest BCUT2D eigenvalue weighted by molar-refractivity contribution is 7.91. The third-order valence-electron chi connectivity index (χ3n) is 6.03. The van der Waals surface area contributed by atoms with Crippen molar-refractivity contribution in [2.45, 2.75) is 43.3 Å². The van der Waals surface area contributed by atoms with Gasteiger partial charge in [0.1, 0.15) is 24.0 Å². The fourth-order valence-corrected chi connectivity index (χ4v) is 5.42. The van der Waals surface area contributed by atoms with Crippen LogP contribution in [-0.4, -0.2) is 69.7 Å². The van der Waals surface area contributed by atoms with Gasteiger partial charge in [-0.3, -0.25) is 4.57 Å². The van der Waals surface area contributed by atoms with Crippen molar-refractivity contribution in [3.63, 3.8) is 0 Å². The predicted molar refractivity (Wildman–Crippen MR) is 125 cm³/mol. The highest BCUT2D eigenvalue weighted by atomic mass is 35.5. The summed E-state index contributed by atoms with van der Waals surface area (Å²) in [6, 6.07) is 0. The Bertz CT molecular complexity index is 1280. The van der Waals surface area contributed by atoms with Crippen LogP contribution in [0.15, 0.2) is 18.7 Å². The summed E-state index contributed by atoms with van der Waals surface area (Å²) in [4.78, 5) is 16.6. The Morgan fingerprint density at radius 1 is 1.09 bits per heavy atom. The van der Waals surface area contributed by atoms with E-state index in [1.165, 1.54) is 40.1 Å². The summed E-state index contributed by atoms with van der Waals surface area (Å²) >= 11 is 5.87. The lowest BCUT2D eigenvalue weighted by Crippen LogP contribution is -2.30. The lowest BCUT2D eigenvalue weighted by molar-refractivity contribution is 0.0948. The van der Waals surface area contributed by atoms with E-state index in [4.69, 9.17) is 25.8 Å². The summed E-state index contributed by atoms with van der Waals surface area (Å²) in [5.41, 5.74) is 0.346. The first kappa shape index (κ1) is 25.2. The van der Waals surface area contributed by atoms with Crippen LogP contribution >= 0.6 is 11.6 Å². The Kier molecular flexibility index (Phi) is 7.20. The van der Waals surface area contributed by atoms with Crippen LogP contribution in [0.5, 0.6) is 11.8 Å². The van der Waals surface area contributed by atoms with Gasteiger partial charge in [-0.25, -0.2) is 18.4 Å². The molecular weight excluding hydrogens is 498 g/mol. The van der Waals surface area contributed by atoms with Crippen LogP contribution in [-0.2, 0) is 20.3 Å². The average molecular weight is 524 g/mol. The maximum absolute atomic E-state index is 13.6. The number of sulfone groups is 1. The largest absolute Gasteiger partial charge is 0.479 e. The summed E-state index contributed by atoms with van der Waals surface area (Å²) in [5.74, 6) is 1.47. The van der Waals surface area contributed by atoms with Crippen LogP contribution < -0.4 is 9.47 Å². The Hall–Kier alpha value is -2.90. The van der Waals surface area contributed by atoms with E-state index in [0.29, 0.717) is 22.5 Å². The summed E-state index contributed by atoms with van der Waals surface area (Å²) < 4.78 is 45.1. The Labute approximate surface area is 208 Å². The SMILES string of the molecule is COc1ncnc(OC)c1-n1c(CS(=O)(=O)[C@@H](C)[C@H](OC)c2ncc(Cl)cn2)nnc1[C@@H]1C[C@H]1C. The van der Waals surface area contributed by atoms with E-state index in [-0.39, 0.29) is 29.3 Å². The van der Waals surface area contributed by atoms with Gasteiger partial charge in [-0.2, -0.15) is 9.97 Å². The molecule has 0 aliphatic heterocycles. The van der Waals surface area contributed by atoms with E-state index in [0.717, 1.165) is 6.42 Å². The molecule has 0 N–H and O–H groups in total. The first-order valence-electron chi connectivity index (χ1n) is 10.8. The Morgan fingerprint density at radius 2 is 1.69 bits per heavy atom. The minimum Gasteiger partial charge on any atom is -0.479 e. The Balaban J connectivity index is 1.76. The van der Waals surface area contributed by atoms with Gasteiger partial charge in [0, 0.05) is 25.4 Å². The number of hydrogen-bond acceptors (Lipinski definition) is 11. The average Bonchev–Trinajstić information content (AvgIpc) is 3.44. The van der Waals surface area contributed by atoms with E-state index in [9.17, 15) is 8.42 Å². The third-order valence-corrected chi connectivity index (χ3v) is 8.27. The highest BCUT2D eigenvalue weighted by Gasteiger charge is 2.41. The van der Waals surface area contributed by atoms with Crippen molar-refractivity contribution in [2.75, 3.05) is 21.3 Å². The predicted octanol–water partition coefficient (Wildman–Crippen LogP) is 2.33. The lowest BCUT2D eigenvalue weighted by atomic mass is 10.2. The quantitative estimate of drug-likeness (QED) is 0.386. The third kappa shape index (κ3) is 4.93. The van der Waals surface area contributed by atoms with Crippen molar-refractivity contribution in [1.82, 2.24) is 34.7 Å². The molecule has 3 aromatic heterocycles. The number of rotatable bonds is 10. The number of methoxy groups -OCH3 is 3. The van der Waals surface area contributed by atoms with Crippen LogP contribution in [0.4, 0.5) is 0 Å². The monoisotopic (exact) mass is 523 g/mol. The molecule has 12 nitrogen and oxygen atoms in total. The normalized spacial score (nSPS) is 19.3. The van der Waals surface area contributed by atoms with Crippen molar-refractivity contribution in [3.05, 3.63) is 41.2 Å². The van der Waals surface area contributed by atoms with Crippen molar-refractivity contribution < 1.29 is 22.6 Å². The lowest BCUT2D eigenvalue weighted by Gasteiger charge is -2.22. The summed E-state index contributed by atoms with van der Waals surface area (Å²) in [7, 11) is 0.484. The molecule has 14 heteroatoms. The molecule has 35 heavy (non-hydrogen) atoms. The molecule has 1 saturated carbocycles. The van der Waals surface area contributed by atoms with E-state index in [2.05, 4.69) is 37.1 Å². The molecule has 0 spiro atoms. The second-order valence-corrected chi connectivity index (χ2v) is 11.1. The summed E-state index contributed by atoms with van der Waals surface area (Å²) in [5, 5.41) is 7.93. The van der Waals surface area contributed by atoms with E-state index in [1.807, 2.05) is 0 Å². The Morgan fingerprint density at radius 3 is 2.20 bits per heavy atom. The zero-order chi connectivity index (χ0) is 25.3. The smallest absolute Gasteiger partial charge is 0.245 e. The molecule has 4 atom stereocenters. The molecule has 0 saturated heterocycles. The molecule has 3 aromatic rings. The van der Waals surface area contributed by atoms with Gasteiger partial charge in [0.25, 0.3) is 0 Å². The van der Waals surface area contributed by atoms with Gasteiger partial charge in [0.15, 0.2) is 27.2 Å². The molecule has 1 aliphatic carbocycles. The fraction of sp³-hybridized carbons (Fsp3) is 0.524. The molecular formula is C21H26ClN7O5S. The van der Waals surface area contributed by atoms with Crippen LogP contribution in [0.3, 0.4) is 0 Å². The molecule has 4 rings (SSSR count). The van der Waals surface area contributed by atoms with E-state index in [1.54, 1.807) is 11.5 Å². The maximum atomic E-state index is 13.6. The van der Waals surface area contributed by atoms with E-state index < -0.39 is 26.9 Å². The van der Waals surface area contributed by atoms with Crippen LogP contribution in [0.1, 0.15) is 49.8 Å². The molecule has 0 radical (unpaired) electrons. The molecule has 3 heterocycles. The minimum absolute atomic E-state index is 0.111. The molecule has 0 bridgehead atoms. The fourth-order valence-electron chi connectivity index (χ4n) is 3.90. The molecule has 0 amide bonds. The molecule has 188 valence electrons. The van der Waals surface area contributed by atoms with Gasteiger partial charge in [-0.15, -0.1) is 10.2 Å². The van der Waals surface area contributed by atoms with Crippen molar-refractivity contribution in [1.29, 1.82) is 0 Å². The number of nitrogens with zero attached hydrogens (tertiary/aromatic N) is 7. The van der Waals surface area contributed by atoms with Crippen LogP contribution in [0.2, 0.25) is 5.02 Å². The van der Waals surface area contributed by atoms with Gasteiger partial charge in [0.2, 0.25) is 11.8 Å². The van der Waals surface area contributed by atoms with Crippen molar-refractivity contribution >= 4 is 21.4 Å². The topological polar surface area (TPSA) is 144 Å². The number of aromatic nitrogens is 7. The second kappa shape index (κ2) is 9.99. The summed E-state index contributed by atoms with van der Waals surface area (Å²) in [6.07, 6.45) is 4.07. The second-order valence-electron chi connectivity index (χ2n) is 8.30. The van der Waals surface area contributed by atoms with Gasteiger partial charge >= 0.3 is 0 Å². The van der Waals surface area contributed by atoms with Gasteiger partial charge in [-0.1, -0.05) is 18.5 Å². The van der Waals surface area contributed by atoms with Crippen molar-refractivity contribution in [3.8, 4) is 17.4 Å². The minimum atomic E-state index is -3.84. The zero-order valence-electron chi connectivity index (χ0n) is 19.9. The van der Waals surface area contributed by atoms with Crippen molar-refractivity contribution in [2.24, 2.45) is 5.92 Å². The zero-order valence-corrected chi connectivity index (χ0v) is 21.5. The first-order valence-corrected chi connectivity index (χ1v) is 12.9. The van der Waals surface area contributed by atoms with E-state index >= 15 is 0 Å². The highest BCUT2D eigenvalue weighted by Crippen LogP contribution is 2.48. The van der Waals surface area contributed by atoms with Crippen LogP contribution in [0, 0.1) is 5.92 Å². The van der Waals surface area contributed by atoms with Crippen LogP contribution in [0.25, 0.3) is 5.69 Å². The maximum Gasteiger partial charge on any atom is 0.245 e. The molecule has 1 fully saturated rings. The standard InChI is InChI=1S/C21H26ClN7O5S/c1-11-6-14(11)19-28-27-15(29(19)16-20(33-4)25-10-26-21(16)34-5)9-35(30,31)12(2)17(32-3)18-23-7-13(22)8-24-18/h7-8,10-12,14,17H,6,9H2,1-5H3/t11-,12+,14-,17+/m1/s1. The number of ether oxygens (including phenoxy) is 3.